The predicted octanol–water partition coefficient (Wildman–Crippen LogP) is 5.25. The molecule has 1 aliphatic rings. The Hall–Kier alpha value is -2.18. The largest absolute Gasteiger partial charge is 0.423 e. The summed E-state index contributed by atoms with van der Waals surface area (Å²) in [5.74, 6) is 2.62. The van der Waals surface area contributed by atoms with Crippen LogP contribution < -0.4 is 4.74 Å². The van der Waals surface area contributed by atoms with Crippen LogP contribution >= 0.6 is 23.5 Å². The monoisotopic (exact) mass is 410 g/mol. The molecule has 0 spiro atoms. The third-order valence-electron chi connectivity index (χ3n) is 4.58. The summed E-state index contributed by atoms with van der Waals surface area (Å²) in [4.78, 5) is 12.6. The van der Waals surface area contributed by atoms with Gasteiger partial charge in [0.15, 0.2) is 0 Å². The van der Waals surface area contributed by atoms with E-state index in [1.807, 2.05) is 78.5 Å². The standard InChI is InChI=1S/C22H22N2O2S2/c1-15-12-16(2)24(23-15)14-17-4-3-5-19(13-17)21(25)26-20-8-6-18(7-9-20)22-27-10-11-28-22/h3-9,12-13,22H,10-11,14H2,1-2H3. The SMILES string of the molecule is Cc1cc(C)n(Cc2cccc(C(=O)Oc3ccc(C4SCCS4)cc3)c2)n1. The summed E-state index contributed by atoms with van der Waals surface area (Å²) in [5, 5.41) is 4.49. The Bertz CT molecular complexity index is 976. The first-order chi connectivity index (χ1) is 13.6. The number of rotatable bonds is 5. The summed E-state index contributed by atoms with van der Waals surface area (Å²) >= 11 is 3.93. The van der Waals surface area contributed by atoms with Crippen molar-refractivity contribution >= 4 is 29.5 Å². The molecule has 144 valence electrons. The van der Waals surface area contributed by atoms with E-state index in [2.05, 4.69) is 17.2 Å². The Labute approximate surface area is 173 Å². The van der Waals surface area contributed by atoms with Crippen LogP contribution in [0, 0.1) is 13.8 Å². The first-order valence-corrected chi connectivity index (χ1v) is 11.3. The number of carbonyl (C=O) groups excluding carboxylic acids is 1. The fourth-order valence-corrected chi connectivity index (χ4v) is 6.07. The number of thioether (sulfide) groups is 2. The highest BCUT2D eigenvalue weighted by atomic mass is 32.2. The highest BCUT2D eigenvalue weighted by Gasteiger charge is 2.18. The average Bonchev–Trinajstić information content (AvgIpc) is 3.33. The number of esters is 1. The lowest BCUT2D eigenvalue weighted by atomic mass is 10.1. The molecule has 0 bridgehead atoms. The zero-order valence-electron chi connectivity index (χ0n) is 15.9. The maximum Gasteiger partial charge on any atom is 0.343 e. The van der Waals surface area contributed by atoms with Crippen molar-refractivity contribution in [3.8, 4) is 5.75 Å². The van der Waals surface area contributed by atoms with Crippen molar-refractivity contribution in [1.29, 1.82) is 0 Å². The van der Waals surface area contributed by atoms with E-state index in [4.69, 9.17) is 4.74 Å². The molecule has 4 rings (SSSR count). The first kappa shape index (κ1) is 19.2. The van der Waals surface area contributed by atoms with Crippen LogP contribution in [0.15, 0.2) is 54.6 Å². The van der Waals surface area contributed by atoms with Gasteiger partial charge in [0.05, 0.1) is 22.4 Å². The van der Waals surface area contributed by atoms with E-state index in [1.54, 1.807) is 6.07 Å². The number of carbonyl (C=O) groups is 1. The molecule has 1 aromatic heterocycles. The van der Waals surface area contributed by atoms with Gasteiger partial charge in [0.2, 0.25) is 0 Å². The van der Waals surface area contributed by atoms with Gasteiger partial charge in [-0.3, -0.25) is 4.68 Å². The van der Waals surface area contributed by atoms with E-state index < -0.39 is 0 Å². The third-order valence-corrected chi connectivity index (χ3v) is 7.69. The quantitative estimate of drug-likeness (QED) is 0.425. The summed E-state index contributed by atoms with van der Waals surface area (Å²) in [5.41, 5.74) is 4.94. The minimum atomic E-state index is -0.340. The molecule has 0 unspecified atom stereocenters. The Morgan fingerprint density at radius 1 is 1.11 bits per heavy atom. The Balaban J connectivity index is 1.43. The Morgan fingerprint density at radius 2 is 1.86 bits per heavy atom. The van der Waals surface area contributed by atoms with E-state index in [9.17, 15) is 4.79 Å². The van der Waals surface area contributed by atoms with Crippen molar-refractivity contribution in [1.82, 2.24) is 9.78 Å². The molecule has 0 amide bonds. The van der Waals surface area contributed by atoms with Crippen LogP contribution in [-0.2, 0) is 6.54 Å². The molecule has 1 aliphatic heterocycles. The number of hydrogen-bond donors (Lipinski definition) is 0. The zero-order chi connectivity index (χ0) is 19.5. The second-order valence-corrected chi connectivity index (χ2v) is 9.54. The van der Waals surface area contributed by atoms with Gasteiger partial charge >= 0.3 is 5.97 Å². The van der Waals surface area contributed by atoms with Crippen molar-refractivity contribution in [3.05, 3.63) is 82.7 Å². The molecule has 0 atom stereocenters. The van der Waals surface area contributed by atoms with Gasteiger partial charge in [-0.05, 0) is 55.3 Å². The predicted molar refractivity (Wildman–Crippen MR) is 116 cm³/mol. The van der Waals surface area contributed by atoms with E-state index in [1.165, 1.54) is 17.1 Å². The summed E-state index contributed by atoms with van der Waals surface area (Å²) < 4.78 is 8.01. The van der Waals surface area contributed by atoms with Crippen molar-refractivity contribution in [2.45, 2.75) is 25.0 Å². The molecule has 2 heterocycles. The molecule has 0 N–H and O–H groups in total. The Kier molecular flexibility index (Phi) is 5.78. The van der Waals surface area contributed by atoms with Crippen molar-refractivity contribution in [3.63, 3.8) is 0 Å². The van der Waals surface area contributed by atoms with Gasteiger partial charge < -0.3 is 4.74 Å². The fraction of sp³-hybridized carbons (Fsp3) is 0.273. The average molecular weight is 411 g/mol. The number of hydrogen-bond acceptors (Lipinski definition) is 5. The van der Waals surface area contributed by atoms with Gasteiger partial charge in [-0.15, -0.1) is 23.5 Å². The minimum Gasteiger partial charge on any atom is -0.423 e. The van der Waals surface area contributed by atoms with Gasteiger partial charge in [-0.1, -0.05) is 24.3 Å². The molecule has 0 aliphatic carbocycles. The molecule has 6 heteroatoms. The van der Waals surface area contributed by atoms with Crippen LogP contribution in [0.3, 0.4) is 0 Å². The van der Waals surface area contributed by atoms with Gasteiger partial charge in [-0.2, -0.15) is 5.10 Å². The molecule has 28 heavy (non-hydrogen) atoms. The fourth-order valence-electron chi connectivity index (χ4n) is 3.21. The van der Waals surface area contributed by atoms with Gasteiger partial charge in [0.1, 0.15) is 5.75 Å². The van der Waals surface area contributed by atoms with Crippen LogP contribution in [0.1, 0.15) is 37.5 Å². The summed E-state index contributed by atoms with van der Waals surface area (Å²) in [7, 11) is 0. The number of benzene rings is 2. The summed E-state index contributed by atoms with van der Waals surface area (Å²) in [6.07, 6.45) is 0. The number of ether oxygens (including phenoxy) is 1. The number of nitrogens with zero attached hydrogens (tertiary/aromatic N) is 2. The van der Waals surface area contributed by atoms with Crippen LogP contribution in [0.25, 0.3) is 0 Å². The second-order valence-electron chi connectivity index (χ2n) is 6.82. The van der Waals surface area contributed by atoms with Crippen LogP contribution in [0.5, 0.6) is 5.75 Å². The lowest BCUT2D eigenvalue weighted by Gasteiger charge is -2.10. The molecular formula is C22H22N2O2S2. The third kappa shape index (κ3) is 4.45. The normalized spacial score (nSPS) is 14.4. The lowest BCUT2D eigenvalue weighted by molar-refractivity contribution is 0.0734. The number of aromatic nitrogens is 2. The van der Waals surface area contributed by atoms with Crippen molar-refractivity contribution < 1.29 is 9.53 Å². The van der Waals surface area contributed by atoms with E-state index in [0.717, 1.165) is 17.0 Å². The van der Waals surface area contributed by atoms with Gasteiger partial charge in [0.25, 0.3) is 0 Å². The first-order valence-electron chi connectivity index (χ1n) is 9.24. The topological polar surface area (TPSA) is 44.1 Å². The van der Waals surface area contributed by atoms with Gasteiger partial charge in [-0.25, -0.2) is 4.79 Å². The minimum absolute atomic E-state index is 0.340. The maximum absolute atomic E-state index is 12.6. The van der Waals surface area contributed by atoms with E-state index >= 15 is 0 Å². The highest BCUT2D eigenvalue weighted by molar-refractivity contribution is 8.19. The summed E-state index contributed by atoms with van der Waals surface area (Å²) in [6.45, 7) is 4.64. The van der Waals surface area contributed by atoms with Crippen LogP contribution in [-0.4, -0.2) is 27.3 Å². The molecular weight excluding hydrogens is 388 g/mol. The maximum atomic E-state index is 12.6. The zero-order valence-corrected chi connectivity index (χ0v) is 17.6. The number of aryl methyl sites for hydroxylation is 2. The van der Waals surface area contributed by atoms with Gasteiger partial charge in [0, 0.05) is 17.2 Å². The van der Waals surface area contributed by atoms with Crippen LogP contribution in [0.2, 0.25) is 0 Å². The van der Waals surface area contributed by atoms with E-state index in [0.29, 0.717) is 22.4 Å². The molecule has 1 fully saturated rings. The summed E-state index contributed by atoms with van der Waals surface area (Å²) in [6, 6.07) is 17.5. The molecule has 1 saturated heterocycles. The second kappa shape index (κ2) is 8.45. The molecule has 2 aromatic carbocycles. The lowest BCUT2D eigenvalue weighted by Crippen LogP contribution is -2.10. The van der Waals surface area contributed by atoms with Crippen molar-refractivity contribution in [2.24, 2.45) is 0 Å². The molecule has 3 aromatic rings. The highest BCUT2D eigenvalue weighted by Crippen LogP contribution is 2.45. The van der Waals surface area contributed by atoms with Crippen molar-refractivity contribution in [2.75, 3.05) is 11.5 Å². The molecule has 0 saturated carbocycles. The Morgan fingerprint density at radius 3 is 2.54 bits per heavy atom. The smallest absolute Gasteiger partial charge is 0.343 e. The van der Waals surface area contributed by atoms with E-state index in [-0.39, 0.29) is 5.97 Å². The molecule has 0 radical (unpaired) electrons. The molecule has 4 nitrogen and oxygen atoms in total. The van der Waals surface area contributed by atoms with Crippen LogP contribution in [0.4, 0.5) is 0 Å².